The van der Waals surface area contributed by atoms with Crippen LogP contribution >= 0.6 is 0 Å². The van der Waals surface area contributed by atoms with Gasteiger partial charge in [-0.1, -0.05) is 6.07 Å². The van der Waals surface area contributed by atoms with Crippen LogP contribution in [0.15, 0.2) is 59.3 Å². The highest BCUT2D eigenvalue weighted by atomic mass is 19.1. The minimum atomic E-state index is -0.379. The van der Waals surface area contributed by atoms with Crippen LogP contribution in [0.2, 0.25) is 0 Å². The zero-order valence-electron chi connectivity index (χ0n) is 19.4. The number of nitrogens with one attached hydrogen (secondary N) is 1. The van der Waals surface area contributed by atoms with Gasteiger partial charge in [0, 0.05) is 17.8 Å². The Bertz CT molecular complexity index is 1520. The molecule has 5 aromatic rings. The number of benzene rings is 1. The molecule has 4 aromatic heterocycles. The van der Waals surface area contributed by atoms with Crippen molar-refractivity contribution in [3.05, 3.63) is 77.8 Å². The topological polar surface area (TPSA) is 100 Å². The number of fused-ring (bicyclic) bond motifs is 1. The summed E-state index contributed by atoms with van der Waals surface area (Å²) in [6.45, 7) is 5.56. The highest BCUT2D eigenvalue weighted by Gasteiger charge is 2.19. The van der Waals surface area contributed by atoms with Gasteiger partial charge in [-0.05, 0) is 51.1 Å². The minimum Gasteiger partial charge on any atom is -0.471 e. The van der Waals surface area contributed by atoms with Gasteiger partial charge < -0.3 is 14.5 Å². The van der Waals surface area contributed by atoms with E-state index in [4.69, 9.17) is 9.15 Å². The lowest BCUT2D eigenvalue weighted by Gasteiger charge is -2.09. The molecule has 5 rings (SSSR count). The predicted molar refractivity (Wildman–Crippen MR) is 127 cm³/mol. The normalized spacial score (nSPS) is 11.2. The maximum Gasteiger partial charge on any atom is 0.246 e. The van der Waals surface area contributed by atoms with E-state index in [-0.39, 0.29) is 25.0 Å². The number of hydrogen-bond acceptors (Lipinski definition) is 6. The summed E-state index contributed by atoms with van der Waals surface area (Å²) < 4.78 is 27.8. The second kappa shape index (κ2) is 9.05. The summed E-state index contributed by atoms with van der Waals surface area (Å²) >= 11 is 0. The Kier molecular flexibility index (Phi) is 5.77. The number of halogens is 1. The van der Waals surface area contributed by atoms with Gasteiger partial charge in [0.25, 0.3) is 0 Å². The molecule has 0 fully saturated rings. The van der Waals surface area contributed by atoms with E-state index in [0.29, 0.717) is 34.2 Å². The van der Waals surface area contributed by atoms with Crippen molar-refractivity contribution >= 4 is 22.6 Å². The fourth-order valence-corrected chi connectivity index (χ4v) is 4.04. The molecule has 35 heavy (non-hydrogen) atoms. The third kappa shape index (κ3) is 4.37. The number of carbonyl (C=O) groups is 1. The quantitative estimate of drug-likeness (QED) is 0.369. The molecule has 1 aromatic carbocycles. The van der Waals surface area contributed by atoms with Crippen LogP contribution in [0.1, 0.15) is 17.1 Å². The third-order valence-electron chi connectivity index (χ3n) is 5.68. The smallest absolute Gasteiger partial charge is 0.246 e. The van der Waals surface area contributed by atoms with Gasteiger partial charge in [-0.3, -0.25) is 4.79 Å². The lowest BCUT2D eigenvalue weighted by molar-refractivity contribution is -0.116. The van der Waals surface area contributed by atoms with Gasteiger partial charge in [-0.25, -0.2) is 18.7 Å². The highest BCUT2D eigenvalue weighted by molar-refractivity contribution is 5.95. The van der Waals surface area contributed by atoms with E-state index >= 15 is 0 Å². The second-order valence-electron chi connectivity index (χ2n) is 8.10. The summed E-state index contributed by atoms with van der Waals surface area (Å²) in [4.78, 5) is 17.4. The molecule has 9 nitrogen and oxygen atoms in total. The number of pyridine rings is 1. The van der Waals surface area contributed by atoms with E-state index in [9.17, 15) is 9.18 Å². The van der Waals surface area contributed by atoms with E-state index in [1.54, 1.807) is 40.9 Å². The molecule has 0 saturated carbocycles. The van der Waals surface area contributed by atoms with E-state index in [2.05, 4.69) is 20.5 Å². The molecule has 0 atom stereocenters. The summed E-state index contributed by atoms with van der Waals surface area (Å²) in [6.07, 6.45) is 3.29. The molecule has 0 radical (unpaired) electrons. The second-order valence-corrected chi connectivity index (χ2v) is 8.10. The van der Waals surface area contributed by atoms with Crippen molar-refractivity contribution < 1.29 is 18.3 Å². The summed E-state index contributed by atoms with van der Waals surface area (Å²) in [7, 11) is 0. The Hall–Kier alpha value is -4.47. The molecular weight excluding hydrogens is 451 g/mol. The van der Waals surface area contributed by atoms with Gasteiger partial charge >= 0.3 is 0 Å². The Morgan fingerprint density at radius 1 is 1.09 bits per heavy atom. The van der Waals surface area contributed by atoms with Crippen molar-refractivity contribution in [2.75, 3.05) is 5.32 Å². The number of furan rings is 1. The Morgan fingerprint density at radius 2 is 1.91 bits per heavy atom. The minimum absolute atomic E-state index is 0.0250. The van der Waals surface area contributed by atoms with Crippen molar-refractivity contribution in [3.8, 4) is 17.1 Å². The van der Waals surface area contributed by atoms with Gasteiger partial charge in [0.2, 0.25) is 5.91 Å². The van der Waals surface area contributed by atoms with Crippen molar-refractivity contribution in [2.45, 2.75) is 34.0 Å². The summed E-state index contributed by atoms with van der Waals surface area (Å²) in [5, 5.41) is 12.7. The zero-order chi connectivity index (χ0) is 24.5. The molecule has 0 bridgehead atoms. The number of hydrogen-bond donors (Lipinski definition) is 1. The van der Waals surface area contributed by atoms with E-state index < -0.39 is 0 Å². The molecule has 0 saturated heterocycles. The molecule has 178 valence electrons. The first-order chi connectivity index (χ1) is 16.9. The molecule has 0 spiro atoms. The Labute approximate surface area is 200 Å². The van der Waals surface area contributed by atoms with Gasteiger partial charge in [0.1, 0.15) is 23.9 Å². The first-order valence-electron chi connectivity index (χ1n) is 11.0. The number of rotatable bonds is 7. The molecule has 1 N–H and O–H groups in total. The van der Waals surface area contributed by atoms with Crippen molar-refractivity contribution in [1.29, 1.82) is 0 Å². The number of aromatic nitrogens is 5. The zero-order valence-corrected chi connectivity index (χ0v) is 19.4. The van der Waals surface area contributed by atoms with Crippen molar-refractivity contribution in [3.63, 3.8) is 0 Å². The molecule has 1 amide bonds. The van der Waals surface area contributed by atoms with Crippen LogP contribution < -0.4 is 10.1 Å². The number of anilines is 1. The van der Waals surface area contributed by atoms with Crippen LogP contribution in [0.4, 0.5) is 10.1 Å². The highest BCUT2D eigenvalue weighted by Crippen LogP contribution is 2.30. The van der Waals surface area contributed by atoms with E-state index in [1.807, 2.05) is 32.0 Å². The maximum atomic E-state index is 13.4. The van der Waals surface area contributed by atoms with Crippen LogP contribution in [0.25, 0.3) is 22.4 Å². The number of amides is 1. The van der Waals surface area contributed by atoms with E-state index in [1.165, 1.54) is 12.1 Å². The first kappa shape index (κ1) is 22.3. The van der Waals surface area contributed by atoms with Crippen molar-refractivity contribution in [1.82, 2.24) is 24.5 Å². The van der Waals surface area contributed by atoms with Gasteiger partial charge in [-0.15, -0.1) is 0 Å². The predicted octanol–water partition coefficient (Wildman–Crippen LogP) is 4.63. The van der Waals surface area contributed by atoms with Gasteiger partial charge in [-0.2, -0.15) is 10.2 Å². The fraction of sp³-hybridized carbons (Fsp3) is 0.200. The lowest BCUT2D eigenvalue weighted by atomic mass is 10.1. The standard InChI is InChI=1S/C25H23FN6O3/c1-15-23-20(21-8-5-11-34-21)9-10-27-25(23)31(29-15)13-22(33)28-24-16(2)30-32(17(24)3)14-35-19-7-4-6-18(26)12-19/h4-12H,13-14H2,1-3H3,(H,28,33). The first-order valence-corrected chi connectivity index (χ1v) is 11.0. The van der Waals surface area contributed by atoms with Gasteiger partial charge in [0.05, 0.1) is 34.4 Å². The molecule has 10 heteroatoms. The Balaban J connectivity index is 1.33. The van der Waals surface area contributed by atoms with E-state index in [0.717, 1.165) is 16.6 Å². The molecular formula is C25H23FN6O3. The average molecular weight is 474 g/mol. The molecule has 4 heterocycles. The summed E-state index contributed by atoms with van der Waals surface area (Å²) in [5.41, 5.74) is 4.16. The summed E-state index contributed by atoms with van der Waals surface area (Å²) in [5.74, 6) is 0.460. The number of ether oxygens (including phenoxy) is 1. The maximum absolute atomic E-state index is 13.4. The van der Waals surface area contributed by atoms with Crippen LogP contribution in [0, 0.1) is 26.6 Å². The molecule has 0 aliphatic carbocycles. The van der Waals surface area contributed by atoms with Crippen molar-refractivity contribution in [2.24, 2.45) is 0 Å². The van der Waals surface area contributed by atoms with Crippen LogP contribution in [-0.2, 0) is 18.1 Å². The molecule has 0 aliphatic rings. The number of nitrogens with zero attached hydrogens (tertiary/aromatic N) is 5. The number of carbonyl (C=O) groups excluding carboxylic acids is 1. The molecule has 0 unspecified atom stereocenters. The summed E-state index contributed by atoms with van der Waals surface area (Å²) in [6, 6.07) is 11.5. The number of aryl methyl sites for hydroxylation is 2. The largest absolute Gasteiger partial charge is 0.471 e. The monoisotopic (exact) mass is 474 g/mol. The van der Waals surface area contributed by atoms with Crippen LogP contribution in [-0.4, -0.2) is 30.5 Å². The van der Waals surface area contributed by atoms with Crippen LogP contribution in [0.3, 0.4) is 0 Å². The van der Waals surface area contributed by atoms with Gasteiger partial charge in [0.15, 0.2) is 12.4 Å². The lowest BCUT2D eigenvalue weighted by Crippen LogP contribution is -2.20. The Morgan fingerprint density at radius 3 is 2.69 bits per heavy atom. The molecule has 0 aliphatic heterocycles. The third-order valence-corrected chi connectivity index (χ3v) is 5.68. The SMILES string of the molecule is Cc1nn(COc2cccc(F)c2)c(C)c1NC(=O)Cn1nc(C)c2c(-c3ccco3)ccnc21. The fourth-order valence-electron chi connectivity index (χ4n) is 4.04. The van der Waals surface area contributed by atoms with Crippen LogP contribution in [0.5, 0.6) is 5.75 Å². The average Bonchev–Trinajstić information content (AvgIpc) is 3.54.